The van der Waals surface area contributed by atoms with Crippen molar-refractivity contribution in [2.75, 3.05) is 0 Å². The second-order valence-electron chi connectivity index (χ2n) is 6.65. The van der Waals surface area contributed by atoms with Crippen molar-refractivity contribution in [2.24, 2.45) is 10.8 Å². The highest BCUT2D eigenvalue weighted by Crippen LogP contribution is 2.48. The van der Waals surface area contributed by atoms with Crippen molar-refractivity contribution in [3.63, 3.8) is 0 Å². The van der Waals surface area contributed by atoms with E-state index in [9.17, 15) is 0 Å². The van der Waals surface area contributed by atoms with Gasteiger partial charge in [0.25, 0.3) is 0 Å². The van der Waals surface area contributed by atoms with Crippen LogP contribution in [0.2, 0.25) is 0 Å². The van der Waals surface area contributed by atoms with E-state index in [4.69, 9.17) is 0 Å². The van der Waals surface area contributed by atoms with E-state index in [1.165, 1.54) is 32.1 Å². The quantitative estimate of drug-likeness (QED) is 0.728. The molecule has 0 spiro atoms. The van der Waals surface area contributed by atoms with Crippen molar-refractivity contribution in [3.8, 4) is 0 Å². The molecule has 2 unspecified atom stereocenters. The molecule has 2 saturated carbocycles. The van der Waals surface area contributed by atoms with Gasteiger partial charge >= 0.3 is 0 Å². The van der Waals surface area contributed by atoms with Gasteiger partial charge in [0.15, 0.2) is 0 Å². The first-order valence-corrected chi connectivity index (χ1v) is 6.17. The lowest BCUT2D eigenvalue weighted by Gasteiger charge is -2.25. The van der Waals surface area contributed by atoms with E-state index in [-0.39, 0.29) is 0 Å². The molecule has 1 N–H and O–H groups in total. The molecule has 0 bridgehead atoms. The zero-order valence-corrected chi connectivity index (χ0v) is 10.2. The molecule has 0 aromatic rings. The van der Waals surface area contributed by atoms with Crippen LogP contribution in [0.5, 0.6) is 0 Å². The summed E-state index contributed by atoms with van der Waals surface area (Å²) in [4.78, 5) is 0. The van der Waals surface area contributed by atoms with Crippen LogP contribution in [0.3, 0.4) is 0 Å². The molecule has 14 heavy (non-hydrogen) atoms. The maximum absolute atomic E-state index is 3.84. The van der Waals surface area contributed by atoms with Crippen LogP contribution in [-0.2, 0) is 0 Å². The molecule has 0 saturated heterocycles. The molecule has 2 aliphatic rings. The van der Waals surface area contributed by atoms with Gasteiger partial charge in [-0.3, -0.25) is 0 Å². The molecule has 0 radical (unpaired) electrons. The number of rotatable bonds is 3. The van der Waals surface area contributed by atoms with E-state index in [0.717, 1.165) is 12.1 Å². The minimum Gasteiger partial charge on any atom is -0.311 e. The minimum atomic E-state index is 0.585. The van der Waals surface area contributed by atoms with Crippen molar-refractivity contribution >= 4 is 0 Å². The van der Waals surface area contributed by atoms with E-state index in [0.29, 0.717) is 10.8 Å². The van der Waals surface area contributed by atoms with Crippen molar-refractivity contribution in [2.45, 2.75) is 71.9 Å². The Kier molecular flexibility index (Phi) is 2.42. The molecule has 2 atom stereocenters. The third-order valence-electron chi connectivity index (χ3n) is 4.54. The van der Waals surface area contributed by atoms with Gasteiger partial charge in [0.05, 0.1) is 0 Å². The first-order chi connectivity index (χ1) is 6.41. The van der Waals surface area contributed by atoms with Crippen LogP contribution in [0.4, 0.5) is 0 Å². The second kappa shape index (κ2) is 3.23. The van der Waals surface area contributed by atoms with Gasteiger partial charge in [0.2, 0.25) is 0 Å². The van der Waals surface area contributed by atoms with Crippen LogP contribution in [0.25, 0.3) is 0 Å². The van der Waals surface area contributed by atoms with Gasteiger partial charge < -0.3 is 5.32 Å². The first kappa shape index (κ1) is 10.5. The molecule has 0 aliphatic heterocycles. The molecular formula is C13H25N. The Balaban J connectivity index is 1.81. The first-order valence-electron chi connectivity index (χ1n) is 6.17. The smallest absolute Gasteiger partial charge is 0.00951 e. The SMILES string of the molecule is CC(NC1CCC(C)(C)C1)C1(C)CC1. The number of nitrogens with one attached hydrogen (secondary N) is 1. The number of hydrogen-bond acceptors (Lipinski definition) is 1. The molecule has 82 valence electrons. The van der Waals surface area contributed by atoms with E-state index in [2.05, 4.69) is 33.0 Å². The number of hydrogen-bond donors (Lipinski definition) is 1. The van der Waals surface area contributed by atoms with Gasteiger partial charge in [-0.15, -0.1) is 0 Å². The minimum absolute atomic E-state index is 0.585. The van der Waals surface area contributed by atoms with Gasteiger partial charge in [-0.25, -0.2) is 0 Å². The lowest BCUT2D eigenvalue weighted by Crippen LogP contribution is -2.40. The zero-order chi connectivity index (χ0) is 10.4. The topological polar surface area (TPSA) is 12.0 Å². The molecule has 0 aromatic carbocycles. The van der Waals surface area contributed by atoms with E-state index in [1.807, 2.05) is 0 Å². The Bertz CT molecular complexity index is 215. The highest BCUT2D eigenvalue weighted by atomic mass is 15.0. The van der Waals surface area contributed by atoms with Gasteiger partial charge in [-0.05, 0) is 49.9 Å². The van der Waals surface area contributed by atoms with Crippen molar-refractivity contribution in [3.05, 3.63) is 0 Å². The highest BCUT2D eigenvalue weighted by molar-refractivity contribution is 4.99. The predicted octanol–water partition coefficient (Wildman–Crippen LogP) is 3.34. The Hall–Kier alpha value is -0.0400. The summed E-state index contributed by atoms with van der Waals surface area (Å²) in [6.45, 7) is 9.60. The second-order valence-corrected chi connectivity index (χ2v) is 6.65. The average molecular weight is 195 g/mol. The van der Waals surface area contributed by atoms with Gasteiger partial charge in [0.1, 0.15) is 0 Å². The van der Waals surface area contributed by atoms with Crippen LogP contribution in [0.1, 0.15) is 59.8 Å². The van der Waals surface area contributed by atoms with Gasteiger partial charge in [-0.1, -0.05) is 20.8 Å². The maximum atomic E-state index is 3.84. The van der Waals surface area contributed by atoms with Crippen LogP contribution in [-0.4, -0.2) is 12.1 Å². The average Bonchev–Trinajstić information content (AvgIpc) is 2.72. The summed E-state index contributed by atoms with van der Waals surface area (Å²) in [5.41, 5.74) is 1.22. The molecule has 0 amide bonds. The summed E-state index contributed by atoms with van der Waals surface area (Å²) in [5, 5.41) is 3.84. The third kappa shape index (κ3) is 2.13. The van der Waals surface area contributed by atoms with Crippen molar-refractivity contribution in [1.29, 1.82) is 0 Å². The summed E-state index contributed by atoms with van der Waals surface area (Å²) in [6, 6.07) is 1.51. The van der Waals surface area contributed by atoms with Crippen molar-refractivity contribution < 1.29 is 0 Å². The van der Waals surface area contributed by atoms with E-state index < -0.39 is 0 Å². The molecule has 0 heterocycles. The lowest BCUT2D eigenvalue weighted by molar-refractivity contribution is 0.314. The van der Waals surface area contributed by atoms with Gasteiger partial charge in [-0.2, -0.15) is 0 Å². The maximum Gasteiger partial charge on any atom is 0.00951 e. The highest BCUT2D eigenvalue weighted by Gasteiger charge is 2.43. The van der Waals surface area contributed by atoms with Crippen LogP contribution >= 0.6 is 0 Å². The molecule has 1 heteroatoms. The predicted molar refractivity (Wildman–Crippen MR) is 61.4 cm³/mol. The Morgan fingerprint density at radius 3 is 2.21 bits per heavy atom. The Labute approximate surface area is 88.7 Å². The molecular weight excluding hydrogens is 170 g/mol. The summed E-state index contributed by atoms with van der Waals surface area (Å²) >= 11 is 0. The van der Waals surface area contributed by atoms with E-state index >= 15 is 0 Å². The molecule has 1 nitrogen and oxygen atoms in total. The molecule has 2 aliphatic carbocycles. The normalized spacial score (nSPS) is 35.6. The Morgan fingerprint density at radius 2 is 1.79 bits per heavy atom. The van der Waals surface area contributed by atoms with Crippen LogP contribution < -0.4 is 5.32 Å². The Morgan fingerprint density at radius 1 is 1.14 bits per heavy atom. The monoisotopic (exact) mass is 195 g/mol. The van der Waals surface area contributed by atoms with Gasteiger partial charge in [0, 0.05) is 12.1 Å². The molecule has 0 aromatic heterocycles. The summed E-state index contributed by atoms with van der Waals surface area (Å²) in [6.07, 6.45) is 7.00. The van der Waals surface area contributed by atoms with Crippen molar-refractivity contribution in [1.82, 2.24) is 5.32 Å². The van der Waals surface area contributed by atoms with Crippen LogP contribution in [0.15, 0.2) is 0 Å². The summed E-state index contributed by atoms with van der Waals surface area (Å²) < 4.78 is 0. The standard InChI is InChI=1S/C13H25N/c1-10(13(4)7-8-13)14-11-5-6-12(2,3)9-11/h10-11,14H,5-9H2,1-4H3. The molecule has 2 fully saturated rings. The molecule has 2 rings (SSSR count). The third-order valence-corrected chi connectivity index (χ3v) is 4.54. The fourth-order valence-corrected chi connectivity index (χ4v) is 2.76. The summed E-state index contributed by atoms with van der Waals surface area (Å²) in [7, 11) is 0. The summed E-state index contributed by atoms with van der Waals surface area (Å²) in [5.74, 6) is 0. The fraction of sp³-hybridized carbons (Fsp3) is 1.00. The van der Waals surface area contributed by atoms with Crippen LogP contribution in [0, 0.1) is 10.8 Å². The lowest BCUT2D eigenvalue weighted by atomic mass is 9.91. The van der Waals surface area contributed by atoms with E-state index in [1.54, 1.807) is 0 Å². The fourth-order valence-electron chi connectivity index (χ4n) is 2.76. The largest absolute Gasteiger partial charge is 0.311 e. The zero-order valence-electron chi connectivity index (χ0n) is 10.2.